The minimum Gasteiger partial charge on any atom is -0.364 e. The third-order valence-electron chi connectivity index (χ3n) is 4.20. The van der Waals surface area contributed by atoms with Crippen molar-refractivity contribution < 1.29 is 4.79 Å². The number of amides is 1. The summed E-state index contributed by atoms with van der Waals surface area (Å²) in [6, 6.07) is 14.5. The summed E-state index contributed by atoms with van der Waals surface area (Å²) < 4.78 is 0. The van der Waals surface area contributed by atoms with Crippen molar-refractivity contribution in [3.8, 4) is 0 Å². The van der Waals surface area contributed by atoms with Gasteiger partial charge < -0.3 is 10.2 Å². The van der Waals surface area contributed by atoms with E-state index < -0.39 is 0 Å². The van der Waals surface area contributed by atoms with Gasteiger partial charge in [0, 0.05) is 19.1 Å². The Morgan fingerprint density at radius 2 is 1.88 bits per heavy atom. The average molecular weight is 339 g/mol. The predicted octanol–water partition coefficient (Wildman–Crippen LogP) is 4.42. The number of anilines is 1. The lowest BCUT2D eigenvalue weighted by atomic mass is 10.1. The molecule has 1 amide bonds. The second kappa shape index (κ2) is 9.82. The van der Waals surface area contributed by atoms with E-state index in [9.17, 15) is 4.79 Å². The minimum absolute atomic E-state index is 0.0955. The highest BCUT2D eigenvalue weighted by Crippen LogP contribution is 2.19. The highest BCUT2D eigenvalue weighted by Gasteiger charge is 2.13. The van der Waals surface area contributed by atoms with Crippen LogP contribution in [-0.2, 0) is 6.54 Å². The molecule has 0 atom stereocenters. The lowest BCUT2D eigenvalue weighted by molar-refractivity contribution is 0.0948. The van der Waals surface area contributed by atoms with Crippen molar-refractivity contribution in [2.24, 2.45) is 0 Å². The number of benzene rings is 1. The van der Waals surface area contributed by atoms with Crippen molar-refractivity contribution in [3.63, 3.8) is 0 Å². The van der Waals surface area contributed by atoms with Gasteiger partial charge in [0.2, 0.25) is 0 Å². The van der Waals surface area contributed by atoms with E-state index in [1.165, 1.54) is 5.56 Å². The largest absolute Gasteiger partial charge is 0.364 e. The van der Waals surface area contributed by atoms with Gasteiger partial charge in [-0.1, -0.05) is 50.1 Å². The first-order valence-corrected chi connectivity index (χ1v) is 9.16. The minimum atomic E-state index is -0.0955. The fourth-order valence-corrected chi connectivity index (χ4v) is 2.71. The predicted molar refractivity (Wildman–Crippen MR) is 104 cm³/mol. The molecule has 25 heavy (non-hydrogen) atoms. The molecule has 2 aromatic rings. The van der Waals surface area contributed by atoms with Gasteiger partial charge in [0.25, 0.3) is 5.91 Å². The molecule has 0 aliphatic rings. The zero-order valence-electron chi connectivity index (χ0n) is 15.5. The Balaban J connectivity index is 2.01. The Morgan fingerprint density at radius 1 is 1.12 bits per heavy atom. The van der Waals surface area contributed by atoms with Gasteiger partial charge in [-0.2, -0.15) is 0 Å². The Hall–Kier alpha value is -2.36. The first-order chi connectivity index (χ1) is 12.1. The molecular weight excluding hydrogens is 310 g/mol. The van der Waals surface area contributed by atoms with Crippen LogP contribution in [0.3, 0.4) is 0 Å². The Morgan fingerprint density at radius 3 is 2.48 bits per heavy atom. The summed E-state index contributed by atoms with van der Waals surface area (Å²) in [7, 11) is 0. The molecule has 0 radical (unpaired) electrons. The molecule has 1 heterocycles. The lowest BCUT2D eigenvalue weighted by Crippen LogP contribution is -2.30. The molecule has 134 valence electrons. The van der Waals surface area contributed by atoms with Crippen molar-refractivity contribution in [2.75, 3.05) is 11.4 Å². The van der Waals surface area contributed by atoms with Crippen molar-refractivity contribution in [1.82, 2.24) is 10.3 Å². The number of unbranched alkanes of at least 4 members (excludes halogenated alkanes) is 2. The van der Waals surface area contributed by atoms with Crippen LogP contribution in [0.1, 0.15) is 56.1 Å². The maximum atomic E-state index is 12.1. The van der Waals surface area contributed by atoms with Gasteiger partial charge in [0.15, 0.2) is 0 Å². The Bertz CT molecular complexity index is 638. The summed E-state index contributed by atoms with van der Waals surface area (Å²) in [5.41, 5.74) is 2.76. The number of aromatic nitrogens is 1. The molecule has 4 nitrogen and oxygen atoms in total. The topological polar surface area (TPSA) is 45.2 Å². The lowest BCUT2D eigenvalue weighted by Gasteiger charge is -2.29. The maximum absolute atomic E-state index is 12.1. The van der Waals surface area contributed by atoms with Gasteiger partial charge in [-0.3, -0.25) is 4.79 Å². The quantitative estimate of drug-likeness (QED) is 0.688. The molecule has 1 aromatic heterocycles. The highest BCUT2D eigenvalue weighted by molar-refractivity contribution is 5.92. The van der Waals surface area contributed by atoms with Gasteiger partial charge in [-0.15, -0.1) is 0 Å². The number of nitrogens with one attached hydrogen (secondary N) is 1. The maximum Gasteiger partial charge on any atom is 0.269 e. The summed E-state index contributed by atoms with van der Waals surface area (Å²) in [6.07, 6.45) is 5.09. The molecule has 1 N–H and O–H groups in total. The molecule has 4 heteroatoms. The van der Waals surface area contributed by atoms with E-state index in [4.69, 9.17) is 0 Å². The summed E-state index contributed by atoms with van der Waals surface area (Å²) in [4.78, 5) is 18.8. The number of pyridine rings is 1. The van der Waals surface area contributed by atoms with Crippen molar-refractivity contribution in [3.05, 3.63) is 59.9 Å². The zero-order valence-corrected chi connectivity index (χ0v) is 15.5. The van der Waals surface area contributed by atoms with Crippen molar-refractivity contribution in [1.29, 1.82) is 0 Å². The molecule has 0 aliphatic heterocycles. The van der Waals surface area contributed by atoms with Crippen LogP contribution in [0, 0.1) is 0 Å². The second-order valence-electron chi connectivity index (χ2n) is 6.57. The highest BCUT2D eigenvalue weighted by atomic mass is 16.1. The fraction of sp³-hybridized carbons (Fsp3) is 0.429. The van der Waals surface area contributed by atoms with Crippen LogP contribution in [0.15, 0.2) is 48.7 Å². The first kappa shape index (κ1) is 19.0. The Labute approximate surface area is 151 Å². The van der Waals surface area contributed by atoms with Gasteiger partial charge in [-0.25, -0.2) is 4.98 Å². The monoisotopic (exact) mass is 339 g/mol. The molecule has 0 aliphatic carbocycles. The standard InChI is InChI=1S/C21H29N3O/c1-4-5-9-14-22-21(25)20-13-12-19(15-23-20)24(17(2)3)16-18-10-7-6-8-11-18/h6-8,10-13,15,17H,4-5,9,14,16H2,1-3H3,(H,22,25). The van der Waals surface area contributed by atoms with Crippen LogP contribution < -0.4 is 10.2 Å². The van der Waals surface area contributed by atoms with Crippen LogP contribution in [0.25, 0.3) is 0 Å². The van der Waals surface area contributed by atoms with Crippen LogP contribution in [0.2, 0.25) is 0 Å². The fourth-order valence-electron chi connectivity index (χ4n) is 2.71. The molecule has 0 unspecified atom stereocenters. The molecular formula is C21H29N3O. The van der Waals surface area contributed by atoms with E-state index >= 15 is 0 Å². The van der Waals surface area contributed by atoms with Crippen LogP contribution in [-0.4, -0.2) is 23.5 Å². The molecule has 0 saturated carbocycles. The summed E-state index contributed by atoms with van der Waals surface area (Å²) in [5, 5.41) is 2.93. The van der Waals surface area contributed by atoms with E-state index in [2.05, 4.69) is 60.2 Å². The molecule has 1 aromatic carbocycles. The molecule has 0 fully saturated rings. The molecule has 2 rings (SSSR count). The smallest absolute Gasteiger partial charge is 0.269 e. The number of nitrogens with zero attached hydrogens (tertiary/aromatic N) is 2. The average Bonchev–Trinajstić information content (AvgIpc) is 2.64. The second-order valence-corrected chi connectivity index (χ2v) is 6.57. The van der Waals surface area contributed by atoms with E-state index in [1.54, 1.807) is 6.20 Å². The number of carbonyl (C=O) groups is 1. The molecule has 0 spiro atoms. The SMILES string of the molecule is CCCCCNC(=O)c1ccc(N(Cc2ccccc2)C(C)C)cn1. The summed E-state index contributed by atoms with van der Waals surface area (Å²) in [6.45, 7) is 8.01. The van der Waals surface area contributed by atoms with Gasteiger partial charge >= 0.3 is 0 Å². The van der Waals surface area contributed by atoms with Crippen LogP contribution in [0.4, 0.5) is 5.69 Å². The van der Waals surface area contributed by atoms with Crippen molar-refractivity contribution in [2.45, 2.75) is 52.6 Å². The third kappa shape index (κ3) is 5.89. The van der Waals surface area contributed by atoms with Crippen LogP contribution in [0.5, 0.6) is 0 Å². The van der Waals surface area contributed by atoms with E-state index in [0.29, 0.717) is 18.3 Å². The third-order valence-corrected chi connectivity index (χ3v) is 4.20. The summed E-state index contributed by atoms with van der Waals surface area (Å²) >= 11 is 0. The summed E-state index contributed by atoms with van der Waals surface area (Å²) in [5.74, 6) is -0.0955. The van der Waals surface area contributed by atoms with Crippen LogP contribution >= 0.6 is 0 Å². The van der Waals surface area contributed by atoms with E-state index in [1.807, 2.05) is 18.2 Å². The van der Waals surface area contributed by atoms with E-state index in [0.717, 1.165) is 31.5 Å². The number of carbonyl (C=O) groups excluding carboxylic acids is 1. The van der Waals surface area contributed by atoms with E-state index in [-0.39, 0.29) is 5.91 Å². The first-order valence-electron chi connectivity index (χ1n) is 9.16. The molecule has 0 saturated heterocycles. The van der Waals surface area contributed by atoms with Gasteiger partial charge in [-0.05, 0) is 38.0 Å². The number of hydrogen-bond donors (Lipinski definition) is 1. The zero-order chi connectivity index (χ0) is 18.1. The Kier molecular flexibility index (Phi) is 7.45. The normalized spacial score (nSPS) is 10.7. The van der Waals surface area contributed by atoms with Gasteiger partial charge in [0.05, 0.1) is 11.9 Å². The molecule has 0 bridgehead atoms. The van der Waals surface area contributed by atoms with Crippen molar-refractivity contribution >= 4 is 11.6 Å². The number of hydrogen-bond acceptors (Lipinski definition) is 3. The van der Waals surface area contributed by atoms with Gasteiger partial charge in [0.1, 0.15) is 5.69 Å². The number of rotatable bonds is 9.